The highest BCUT2D eigenvalue weighted by atomic mass is 35.5. The van der Waals surface area contributed by atoms with Crippen molar-refractivity contribution in [1.29, 1.82) is 0 Å². The van der Waals surface area contributed by atoms with Crippen LogP contribution in [0.1, 0.15) is 51.3 Å². The number of piperidine rings is 1. The monoisotopic (exact) mass is 398 g/mol. The van der Waals surface area contributed by atoms with E-state index in [0.717, 1.165) is 50.2 Å². The maximum atomic E-state index is 11.4. The Labute approximate surface area is 166 Å². The maximum Gasteiger partial charge on any atom is 0.217 e. The highest BCUT2D eigenvalue weighted by Crippen LogP contribution is 2.40. The molecule has 0 saturated carbocycles. The average molecular weight is 399 g/mol. The Kier molecular flexibility index (Phi) is 5.87. The Morgan fingerprint density at radius 1 is 1.44 bits per heavy atom. The number of ether oxygens (including phenoxy) is 1. The third-order valence-corrected chi connectivity index (χ3v) is 6.47. The van der Waals surface area contributed by atoms with Crippen molar-refractivity contribution in [3.63, 3.8) is 0 Å². The van der Waals surface area contributed by atoms with Gasteiger partial charge in [0.2, 0.25) is 5.91 Å². The molecule has 1 aromatic heterocycles. The van der Waals surface area contributed by atoms with Gasteiger partial charge in [0.05, 0.1) is 29.5 Å². The number of aryl methyl sites for hydroxylation is 2. The summed E-state index contributed by atoms with van der Waals surface area (Å²) in [5.41, 5.74) is 0.882. The van der Waals surface area contributed by atoms with E-state index in [9.17, 15) is 9.90 Å². The van der Waals surface area contributed by atoms with Crippen LogP contribution in [0.4, 0.5) is 0 Å². The van der Waals surface area contributed by atoms with Gasteiger partial charge in [0.15, 0.2) is 0 Å². The third kappa shape index (κ3) is 4.31. The van der Waals surface area contributed by atoms with Crippen LogP contribution in [0.25, 0.3) is 0 Å². The molecule has 0 aromatic carbocycles. The smallest absolute Gasteiger partial charge is 0.217 e. The van der Waals surface area contributed by atoms with Crippen molar-refractivity contribution in [3.8, 4) is 0 Å². The number of aliphatic hydroxyl groups is 1. The van der Waals surface area contributed by atoms with Crippen molar-refractivity contribution < 1.29 is 14.6 Å². The Balaban J connectivity index is 1.62. The number of nitrogens with one attached hydrogen (secondary N) is 1. The zero-order chi connectivity index (χ0) is 19.8. The first kappa shape index (κ1) is 20.6. The van der Waals surface area contributed by atoms with Gasteiger partial charge in [-0.15, -0.1) is 0 Å². The van der Waals surface area contributed by atoms with Crippen molar-refractivity contribution in [2.24, 2.45) is 7.05 Å². The standard InChI is InChI=1S/C19H31ClN4O3/c1-5-15-14(17(20)23(4)22-15)10-24-8-6-19(7-9-24)12-18(3,26)16(11-27-19)21-13(2)25/h16,26H,5-12H2,1-4H3,(H,21,25)/t16-,18-/m0/s1. The van der Waals surface area contributed by atoms with Crippen LogP contribution in [0.3, 0.4) is 0 Å². The molecule has 8 heteroatoms. The zero-order valence-electron chi connectivity index (χ0n) is 16.7. The Hall–Kier alpha value is -1.15. The minimum atomic E-state index is -0.964. The summed E-state index contributed by atoms with van der Waals surface area (Å²) in [7, 11) is 1.87. The first-order valence-corrected chi connectivity index (χ1v) is 10.1. The molecule has 27 heavy (non-hydrogen) atoms. The fraction of sp³-hybridized carbons (Fsp3) is 0.789. The number of rotatable bonds is 4. The highest BCUT2D eigenvalue weighted by molar-refractivity contribution is 6.30. The van der Waals surface area contributed by atoms with Crippen LogP contribution in [0.2, 0.25) is 5.15 Å². The predicted molar refractivity (Wildman–Crippen MR) is 104 cm³/mol. The number of carbonyl (C=O) groups is 1. The second-order valence-electron chi connectivity index (χ2n) is 8.25. The van der Waals surface area contributed by atoms with Crippen LogP contribution in [0.5, 0.6) is 0 Å². The van der Waals surface area contributed by atoms with E-state index in [-0.39, 0.29) is 17.6 Å². The SMILES string of the molecule is CCc1nn(C)c(Cl)c1CN1CCC2(CC1)C[C@](C)(O)[C@@H](NC(C)=O)CO2. The molecule has 0 unspecified atom stereocenters. The molecule has 0 aliphatic carbocycles. The number of amides is 1. The highest BCUT2D eigenvalue weighted by Gasteiger charge is 2.49. The molecule has 0 radical (unpaired) electrons. The van der Waals surface area contributed by atoms with Gasteiger partial charge in [-0.2, -0.15) is 5.10 Å². The molecule has 152 valence electrons. The van der Waals surface area contributed by atoms with Gasteiger partial charge in [-0.25, -0.2) is 0 Å². The normalized spacial score (nSPS) is 28.4. The molecule has 3 heterocycles. The van der Waals surface area contributed by atoms with Gasteiger partial charge in [-0.1, -0.05) is 18.5 Å². The van der Waals surface area contributed by atoms with Crippen molar-refractivity contribution >= 4 is 17.5 Å². The summed E-state index contributed by atoms with van der Waals surface area (Å²) in [6.45, 7) is 8.26. The number of halogens is 1. The summed E-state index contributed by atoms with van der Waals surface area (Å²) in [6, 6.07) is -0.361. The van der Waals surface area contributed by atoms with Crippen LogP contribution in [-0.2, 0) is 29.5 Å². The summed E-state index contributed by atoms with van der Waals surface area (Å²) < 4.78 is 7.92. The largest absolute Gasteiger partial charge is 0.388 e. The Morgan fingerprint density at radius 3 is 2.67 bits per heavy atom. The number of likely N-dealkylation sites (tertiary alicyclic amines) is 1. The first-order valence-electron chi connectivity index (χ1n) is 9.72. The number of carbonyl (C=O) groups excluding carboxylic acids is 1. The van der Waals surface area contributed by atoms with Gasteiger partial charge < -0.3 is 15.2 Å². The van der Waals surface area contributed by atoms with Crippen molar-refractivity contribution in [3.05, 3.63) is 16.4 Å². The Bertz CT molecular complexity index is 695. The first-order chi connectivity index (χ1) is 12.7. The van der Waals surface area contributed by atoms with Crippen LogP contribution >= 0.6 is 11.6 Å². The van der Waals surface area contributed by atoms with Gasteiger partial charge in [-0.3, -0.25) is 14.4 Å². The Morgan fingerprint density at radius 2 is 2.11 bits per heavy atom. The third-order valence-electron chi connectivity index (χ3n) is 6.00. The molecule has 2 N–H and O–H groups in total. The number of nitrogens with zero attached hydrogens (tertiary/aromatic N) is 3. The van der Waals surface area contributed by atoms with E-state index in [1.165, 1.54) is 6.92 Å². The lowest BCUT2D eigenvalue weighted by Crippen LogP contribution is -2.63. The van der Waals surface area contributed by atoms with Crippen LogP contribution in [-0.4, -0.2) is 62.6 Å². The van der Waals surface area contributed by atoms with E-state index < -0.39 is 5.60 Å². The van der Waals surface area contributed by atoms with Crippen molar-refractivity contribution in [1.82, 2.24) is 20.0 Å². The minimum absolute atomic E-state index is 0.144. The lowest BCUT2D eigenvalue weighted by Gasteiger charge is -2.51. The van der Waals surface area contributed by atoms with Gasteiger partial charge in [-0.05, 0) is 26.2 Å². The molecule has 2 aliphatic rings. The van der Waals surface area contributed by atoms with Gasteiger partial charge in [0, 0.05) is 45.6 Å². The molecular formula is C19H31ClN4O3. The fourth-order valence-corrected chi connectivity index (χ4v) is 4.62. The van der Waals surface area contributed by atoms with Crippen LogP contribution in [0, 0.1) is 0 Å². The van der Waals surface area contributed by atoms with Gasteiger partial charge in [0.1, 0.15) is 5.15 Å². The van der Waals surface area contributed by atoms with E-state index in [1.807, 2.05) is 7.05 Å². The summed E-state index contributed by atoms with van der Waals surface area (Å²) >= 11 is 6.43. The van der Waals surface area contributed by atoms with E-state index in [2.05, 4.69) is 22.2 Å². The fourth-order valence-electron chi connectivity index (χ4n) is 4.41. The topological polar surface area (TPSA) is 79.6 Å². The van der Waals surface area contributed by atoms with Gasteiger partial charge in [0.25, 0.3) is 0 Å². The van der Waals surface area contributed by atoms with Crippen LogP contribution in [0.15, 0.2) is 0 Å². The second-order valence-corrected chi connectivity index (χ2v) is 8.61. The van der Waals surface area contributed by atoms with E-state index in [1.54, 1.807) is 11.6 Å². The summed E-state index contributed by atoms with van der Waals surface area (Å²) in [5.74, 6) is -0.144. The minimum Gasteiger partial charge on any atom is -0.388 e. The molecule has 2 atom stereocenters. The zero-order valence-corrected chi connectivity index (χ0v) is 17.5. The van der Waals surface area contributed by atoms with E-state index in [0.29, 0.717) is 18.2 Å². The molecule has 7 nitrogen and oxygen atoms in total. The van der Waals surface area contributed by atoms with E-state index in [4.69, 9.17) is 16.3 Å². The summed E-state index contributed by atoms with van der Waals surface area (Å²) in [4.78, 5) is 13.7. The molecule has 3 rings (SSSR count). The summed E-state index contributed by atoms with van der Waals surface area (Å²) in [5, 5.41) is 18.9. The predicted octanol–water partition coefficient (Wildman–Crippen LogP) is 1.65. The molecule has 1 spiro atoms. The quantitative estimate of drug-likeness (QED) is 0.806. The maximum absolute atomic E-state index is 11.4. The van der Waals surface area contributed by atoms with E-state index >= 15 is 0 Å². The number of hydrogen-bond donors (Lipinski definition) is 2. The molecule has 1 amide bonds. The second kappa shape index (κ2) is 7.70. The molecule has 1 aromatic rings. The molecule has 2 fully saturated rings. The summed E-state index contributed by atoms with van der Waals surface area (Å²) in [6.07, 6.45) is 3.11. The van der Waals surface area contributed by atoms with Crippen LogP contribution < -0.4 is 5.32 Å². The van der Waals surface area contributed by atoms with Gasteiger partial charge >= 0.3 is 0 Å². The lowest BCUT2D eigenvalue weighted by atomic mass is 9.75. The lowest BCUT2D eigenvalue weighted by molar-refractivity contribution is -0.189. The van der Waals surface area contributed by atoms with Crippen molar-refractivity contribution in [2.75, 3.05) is 19.7 Å². The molecular weight excluding hydrogens is 368 g/mol. The molecule has 2 saturated heterocycles. The molecule has 0 bridgehead atoms. The molecule has 2 aliphatic heterocycles. The number of aromatic nitrogens is 2. The van der Waals surface area contributed by atoms with Crippen molar-refractivity contribution in [2.45, 2.75) is 70.2 Å². The number of hydrogen-bond acceptors (Lipinski definition) is 5. The average Bonchev–Trinajstić information content (AvgIpc) is 2.87.